The molecule has 0 aromatic heterocycles. The lowest BCUT2D eigenvalue weighted by atomic mass is 10.3. The molecule has 0 saturated heterocycles. The summed E-state index contributed by atoms with van der Waals surface area (Å²) in [6.45, 7) is 3.61. The van der Waals surface area contributed by atoms with Crippen LogP contribution in [0.2, 0.25) is 0 Å². The van der Waals surface area contributed by atoms with E-state index in [1.165, 1.54) is 5.01 Å². The number of amides is 2. The Labute approximate surface area is 83.0 Å². The highest BCUT2D eigenvalue weighted by Gasteiger charge is 2.09. The number of nitrogens with zero attached hydrogens (tertiary/aromatic N) is 2. The highest BCUT2D eigenvalue weighted by molar-refractivity contribution is 5.93. The van der Waals surface area contributed by atoms with Crippen molar-refractivity contribution < 1.29 is 4.79 Å². The second-order valence-electron chi connectivity index (χ2n) is 3.03. The Morgan fingerprint density at radius 1 is 1.29 bits per heavy atom. The maximum atomic E-state index is 11.1. The lowest BCUT2D eigenvalue weighted by Crippen LogP contribution is -2.31. The summed E-state index contributed by atoms with van der Waals surface area (Å²) in [5.74, 6) is 0. The molecule has 0 unspecified atom stereocenters. The number of urea groups is 1. The minimum Gasteiger partial charge on any atom is -0.350 e. The SMILES string of the molecule is CC(C)=NN(C(N)=O)c1ccccc1. The zero-order chi connectivity index (χ0) is 10.6. The number of carbonyl (C=O) groups excluding carboxylic acids is 1. The number of anilines is 1. The Morgan fingerprint density at radius 2 is 1.86 bits per heavy atom. The largest absolute Gasteiger partial charge is 0.350 e. The van der Waals surface area contributed by atoms with Gasteiger partial charge in [0.1, 0.15) is 0 Å². The lowest BCUT2D eigenvalue weighted by Gasteiger charge is -2.14. The molecule has 1 rings (SSSR count). The Hall–Kier alpha value is -1.84. The summed E-state index contributed by atoms with van der Waals surface area (Å²) in [6.07, 6.45) is 0. The van der Waals surface area contributed by atoms with Crippen LogP contribution >= 0.6 is 0 Å². The monoisotopic (exact) mass is 191 g/mol. The van der Waals surface area contributed by atoms with Crippen molar-refractivity contribution in [3.05, 3.63) is 30.3 Å². The van der Waals surface area contributed by atoms with Gasteiger partial charge in [-0.3, -0.25) is 0 Å². The molecular weight excluding hydrogens is 178 g/mol. The molecule has 0 aliphatic rings. The smallest absolute Gasteiger partial charge is 0.339 e. The number of hydrogen-bond acceptors (Lipinski definition) is 2. The van der Waals surface area contributed by atoms with Crippen LogP contribution in [-0.4, -0.2) is 11.7 Å². The van der Waals surface area contributed by atoms with Gasteiger partial charge in [0.05, 0.1) is 5.69 Å². The summed E-state index contributed by atoms with van der Waals surface area (Å²) in [5, 5.41) is 5.20. The van der Waals surface area contributed by atoms with Crippen molar-refractivity contribution >= 4 is 17.4 Å². The third-order valence-electron chi connectivity index (χ3n) is 1.51. The quantitative estimate of drug-likeness (QED) is 0.563. The van der Waals surface area contributed by atoms with E-state index in [1.807, 2.05) is 18.2 Å². The molecule has 1 aromatic rings. The standard InChI is InChI=1S/C10H13N3O/c1-8(2)12-13(10(11)14)9-6-4-3-5-7-9/h3-7H,1-2H3,(H2,11,14). The molecular formula is C10H13N3O. The summed E-state index contributed by atoms with van der Waals surface area (Å²) in [5.41, 5.74) is 6.64. The van der Waals surface area contributed by atoms with E-state index in [9.17, 15) is 4.79 Å². The van der Waals surface area contributed by atoms with E-state index in [2.05, 4.69) is 5.10 Å². The van der Waals surface area contributed by atoms with Crippen LogP contribution in [0.15, 0.2) is 35.4 Å². The number of carbonyl (C=O) groups is 1. The Balaban J connectivity index is 3.01. The van der Waals surface area contributed by atoms with Gasteiger partial charge >= 0.3 is 6.03 Å². The Morgan fingerprint density at radius 3 is 2.29 bits per heavy atom. The van der Waals surface area contributed by atoms with Crippen molar-refractivity contribution in [2.45, 2.75) is 13.8 Å². The number of hydrazone groups is 1. The van der Waals surface area contributed by atoms with Crippen LogP contribution in [0.25, 0.3) is 0 Å². The third kappa shape index (κ3) is 2.58. The molecule has 2 amide bonds. The minimum absolute atomic E-state index is 0.586. The van der Waals surface area contributed by atoms with E-state index in [-0.39, 0.29) is 0 Å². The second-order valence-corrected chi connectivity index (χ2v) is 3.03. The van der Waals surface area contributed by atoms with Crippen LogP contribution in [0.5, 0.6) is 0 Å². The van der Waals surface area contributed by atoms with Crippen molar-refractivity contribution in [3.63, 3.8) is 0 Å². The first-order valence-corrected chi connectivity index (χ1v) is 4.27. The van der Waals surface area contributed by atoms with Gasteiger partial charge in [-0.25, -0.2) is 4.79 Å². The molecule has 0 aliphatic heterocycles. The Bertz CT molecular complexity index is 342. The average Bonchev–Trinajstić information content (AvgIpc) is 2.15. The van der Waals surface area contributed by atoms with E-state index >= 15 is 0 Å². The maximum absolute atomic E-state index is 11.1. The van der Waals surface area contributed by atoms with E-state index < -0.39 is 6.03 Å². The van der Waals surface area contributed by atoms with E-state index in [0.29, 0.717) is 5.69 Å². The number of benzene rings is 1. The lowest BCUT2D eigenvalue weighted by molar-refractivity contribution is 0.254. The van der Waals surface area contributed by atoms with E-state index in [0.717, 1.165) is 5.71 Å². The molecule has 2 N–H and O–H groups in total. The predicted molar refractivity (Wildman–Crippen MR) is 57.3 cm³/mol. The van der Waals surface area contributed by atoms with Gasteiger partial charge in [-0.05, 0) is 26.0 Å². The van der Waals surface area contributed by atoms with Crippen molar-refractivity contribution in [2.75, 3.05) is 5.01 Å². The normalized spacial score (nSPS) is 9.29. The second kappa shape index (κ2) is 4.41. The summed E-state index contributed by atoms with van der Waals surface area (Å²) in [7, 11) is 0. The molecule has 0 aliphatic carbocycles. The van der Waals surface area contributed by atoms with E-state index in [4.69, 9.17) is 5.73 Å². The zero-order valence-corrected chi connectivity index (χ0v) is 8.27. The molecule has 14 heavy (non-hydrogen) atoms. The predicted octanol–water partition coefficient (Wildman–Crippen LogP) is 1.97. The van der Waals surface area contributed by atoms with Gasteiger partial charge in [0, 0.05) is 5.71 Å². The maximum Gasteiger partial charge on any atom is 0.339 e. The van der Waals surface area contributed by atoms with Gasteiger partial charge in [-0.1, -0.05) is 18.2 Å². The van der Waals surface area contributed by atoms with Gasteiger partial charge in [-0.15, -0.1) is 0 Å². The fraction of sp³-hybridized carbons (Fsp3) is 0.200. The number of primary amides is 1. The highest BCUT2D eigenvalue weighted by Crippen LogP contribution is 2.13. The fourth-order valence-electron chi connectivity index (χ4n) is 1.00. The first-order valence-electron chi connectivity index (χ1n) is 4.27. The summed E-state index contributed by atoms with van der Waals surface area (Å²) in [6, 6.07) is 8.48. The van der Waals surface area contributed by atoms with Crippen LogP contribution in [0.3, 0.4) is 0 Å². The van der Waals surface area contributed by atoms with Crippen molar-refractivity contribution in [3.8, 4) is 0 Å². The van der Waals surface area contributed by atoms with E-state index in [1.54, 1.807) is 26.0 Å². The molecule has 0 atom stereocenters. The van der Waals surface area contributed by atoms with Gasteiger partial charge in [0.2, 0.25) is 0 Å². The Kier molecular flexibility index (Phi) is 3.23. The first-order chi connectivity index (χ1) is 6.61. The van der Waals surface area contributed by atoms with Crippen LogP contribution in [0, 0.1) is 0 Å². The highest BCUT2D eigenvalue weighted by atomic mass is 16.2. The van der Waals surface area contributed by atoms with Gasteiger partial charge < -0.3 is 5.73 Å². The van der Waals surface area contributed by atoms with Gasteiger partial charge in [0.25, 0.3) is 0 Å². The topological polar surface area (TPSA) is 58.7 Å². The molecule has 4 heteroatoms. The fourth-order valence-corrected chi connectivity index (χ4v) is 1.00. The molecule has 0 bridgehead atoms. The van der Waals surface area contributed by atoms with Crippen LogP contribution < -0.4 is 10.7 Å². The molecule has 0 radical (unpaired) electrons. The number of rotatable bonds is 2. The molecule has 0 spiro atoms. The minimum atomic E-state index is -0.586. The van der Waals surface area contributed by atoms with Gasteiger partial charge in [-0.2, -0.15) is 10.1 Å². The van der Waals surface area contributed by atoms with Gasteiger partial charge in [0.15, 0.2) is 0 Å². The molecule has 74 valence electrons. The average molecular weight is 191 g/mol. The zero-order valence-electron chi connectivity index (χ0n) is 8.27. The molecule has 1 aromatic carbocycles. The first kappa shape index (κ1) is 10.2. The summed E-state index contributed by atoms with van der Waals surface area (Å²) < 4.78 is 0. The summed E-state index contributed by atoms with van der Waals surface area (Å²) >= 11 is 0. The molecule has 0 heterocycles. The van der Waals surface area contributed by atoms with Crippen LogP contribution in [0.1, 0.15) is 13.8 Å². The van der Waals surface area contributed by atoms with Crippen LogP contribution in [0.4, 0.5) is 10.5 Å². The van der Waals surface area contributed by atoms with Crippen LogP contribution in [-0.2, 0) is 0 Å². The number of nitrogens with two attached hydrogens (primary N) is 1. The van der Waals surface area contributed by atoms with Crippen molar-refractivity contribution in [1.82, 2.24) is 0 Å². The molecule has 4 nitrogen and oxygen atoms in total. The number of para-hydroxylation sites is 1. The third-order valence-corrected chi connectivity index (χ3v) is 1.51. The van der Waals surface area contributed by atoms with Crippen molar-refractivity contribution in [1.29, 1.82) is 0 Å². The summed E-state index contributed by atoms with van der Waals surface area (Å²) in [4.78, 5) is 11.1. The van der Waals surface area contributed by atoms with Crippen molar-refractivity contribution in [2.24, 2.45) is 10.8 Å². The molecule has 0 saturated carbocycles. The molecule has 0 fully saturated rings. The number of hydrogen-bond donors (Lipinski definition) is 1.